The van der Waals surface area contributed by atoms with Crippen LogP contribution < -0.4 is 14.8 Å². The van der Waals surface area contributed by atoms with Crippen molar-refractivity contribution in [2.24, 2.45) is 0 Å². The Bertz CT molecular complexity index is 881. The number of hydrogen-bond acceptors (Lipinski definition) is 6. The minimum atomic E-state index is -1.05. The highest BCUT2D eigenvalue weighted by molar-refractivity contribution is 5.99. The third kappa shape index (κ3) is 4.88. The van der Waals surface area contributed by atoms with Crippen LogP contribution in [0.3, 0.4) is 0 Å². The lowest BCUT2D eigenvalue weighted by molar-refractivity contribution is -0.123. The molecule has 0 spiro atoms. The first-order valence-corrected chi connectivity index (χ1v) is 8.62. The number of benzene rings is 2. The van der Waals surface area contributed by atoms with Crippen LogP contribution in [0, 0.1) is 6.92 Å². The summed E-state index contributed by atoms with van der Waals surface area (Å²) in [5, 5.41) is 2.63. The van der Waals surface area contributed by atoms with Gasteiger partial charge in [0.15, 0.2) is 11.9 Å². The number of ketones is 1. The van der Waals surface area contributed by atoms with Gasteiger partial charge in [-0.1, -0.05) is 12.1 Å². The SMILES string of the molecule is COc1cc(C(=O)O[C@H](C)C(=O)Nc2cccc(C(C)=O)c2)cc(OC)c1C. The summed E-state index contributed by atoms with van der Waals surface area (Å²) in [7, 11) is 2.98. The highest BCUT2D eigenvalue weighted by Crippen LogP contribution is 2.29. The van der Waals surface area contributed by atoms with Crippen molar-refractivity contribution >= 4 is 23.3 Å². The molecule has 7 nitrogen and oxygen atoms in total. The first-order chi connectivity index (χ1) is 13.3. The summed E-state index contributed by atoms with van der Waals surface area (Å²) in [5.41, 5.74) is 1.87. The van der Waals surface area contributed by atoms with Gasteiger partial charge in [-0.2, -0.15) is 0 Å². The van der Waals surface area contributed by atoms with Crippen LogP contribution in [0.2, 0.25) is 0 Å². The summed E-state index contributed by atoms with van der Waals surface area (Å²) in [6.07, 6.45) is -1.05. The Kier molecular flexibility index (Phi) is 6.76. The second kappa shape index (κ2) is 9.03. The maximum atomic E-state index is 12.4. The van der Waals surface area contributed by atoms with Crippen molar-refractivity contribution in [3.8, 4) is 11.5 Å². The third-order valence-electron chi connectivity index (χ3n) is 4.18. The molecular formula is C21H23NO6. The Morgan fingerprint density at radius 2 is 1.57 bits per heavy atom. The molecule has 148 valence electrons. The van der Waals surface area contributed by atoms with Crippen molar-refractivity contribution in [3.05, 3.63) is 53.1 Å². The Balaban J connectivity index is 2.10. The van der Waals surface area contributed by atoms with Crippen molar-refractivity contribution in [1.82, 2.24) is 0 Å². The molecule has 2 aromatic rings. The van der Waals surface area contributed by atoms with Crippen molar-refractivity contribution in [2.75, 3.05) is 19.5 Å². The number of rotatable bonds is 7. The zero-order chi connectivity index (χ0) is 20.8. The van der Waals surface area contributed by atoms with E-state index in [2.05, 4.69) is 5.32 Å². The average molecular weight is 385 g/mol. The molecule has 2 aromatic carbocycles. The highest BCUT2D eigenvalue weighted by Gasteiger charge is 2.21. The second-order valence-electron chi connectivity index (χ2n) is 6.18. The molecule has 0 bridgehead atoms. The van der Waals surface area contributed by atoms with E-state index in [0.717, 1.165) is 5.56 Å². The molecule has 1 N–H and O–H groups in total. The minimum absolute atomic E-state index is 0.113. The zero-order valence-corrected chi connectivity index (χ0v) is 16.5. The Hall–Kier alpha value is -3.35. The van der Waals surface area contributed by atoms with Crippen LogP contribution in [0.4, 0.5) is 5.69 Å². The van der Waals surface area contributed by atoms with E-state index in [1.807, 2.05) is 0 Å². The van der Waals surface area contributed by atoms with Gasteiger partial charge in [0, 0.05) is 16.8 Å². The maximum Gasteiger partial charge on any atom is 0.339 e. The molecule has 0 aromatic heterocycles. The van der Waals surface area contributed by atoms with Gasteiger partial charge in [-0.25, -0.2) is 4.79 Å². The van der Waals surface area contributed by atoms with Crippen molar-refractivity contribution in [1.29, 1.82) is 0 Å². The van der Waals surface area contributed by atoms with Gasteiger partial charge >= 0.3 is 5.97 Å². The molecule has 1 atom stereocenters. The molecule has 1 amide bonds. The molecule has 0 aliphatic heterocycles. The molecule has 0 aliphatic carbocycles. The number of carbonyl (C=O) groups is 3. The first-order valence-electron chi connectivity index (χ1n) is 8.62. The number of anilines is 1. The standard InChI is InChI=1S/C21H23NO6/c1-12-18(26-4)10-16(11-19(12)27-5)21(25)28-14(3)20(24)22-17-8-6-7-15(9-17)13(2)23/h6-11,14H,1-5H3,(H,22,24)/t14-/m1/s1. The molecule has 0 heterocycles. The lowest BCUT2D eigenvalue weighted by atomic mass is 10.1. The summed E-state index contributed by atoms with van der Waals surface area (Å²) in [6.45, 7) is 4.71. The molecule has 0 fully saturated rings. The molecule has 2 rings (SSSR count). The number of ether oxygens (including phenoxy) is 3. The Morgan fingerprint density at radius 1 is 0.964 bits per heavy atom. The topological polar surface area (TPSA) is 90.9 Å². The van der Waals surface area contributed by atoms with E-state index in [1.165, 1.54) is 40.2 Å². The van der Waals surface area contributed by atoms with E-state index in [0.29, 0.717) is 22.7 Å². The quantitative estimate of drug-likeness (QED) is 0.580. The van der Waals surface area contributed by atoms with Gasteiger partial charge in [0.2, 0.25) is 0 Å². The fraction of sp³-hybridized carbons (Fsp3) is 0.286. The normalized spacial score (nSPS) is 11.3. The largest absolute Gasteiger partial charge is 0.496 e. The van der Waals surface area contributed by atoms with Crippen molar-refractivity contribution in [3.63, 3.8) is 0 Å². The molecule has 28 heavy (non-hydrogen) atoms. The Labute approximate surface area is 163 Å². The maximum absolute atomic E-state index is 12.4. The summed E-state index contributed by atoms with van der Waals surface area (Å²) in [4.78, 5) is 36.2. The highest BCUT2D eigenvalue weighted by atomic mass is 16.5. The number of hydrogen-bond donors (Lipinski definition) is 1. The molecule has 0 aliphatic rings. The van der Waals surface area contributed by atoms with E-state index < -0.39 is 18.0 Å². The molecule has 0 saturated carbocycles. The second-order valence-corrected chi connectivity index (χ2v) is 6.18. The van der Waals surface area contributed by atoms with Crippen LogP contribution in [0.5, 0.6) is 11.5 Å². The average Bonchev–Trinajstić information content (AvgIpc) is 2.68. The van der Waals surface area contributed by atoms with E-state index in [4.69, 9.17) is 14.2 Å². The van der Waals surface area contributed by atoms with Crippen LogP contribution in [0.15, 0.2) is 36.4 Å². The number of esters is 1. The van der Waals surface area contributed by atoms with Gasteiger partial charge < -0.3 is 19.5 Å². The van der Waals surface area contributed by atoms with E-state index in [-0.39, 0.29) is 11.3 Å². The number of Topliss-reactive ketones (excluding diaryl/α,β-unsaturated/α-hetero) is 1. The number of methoxy groups -OCH3 is 2. The third-order valence-corrected chi connectivity index (χ3v) is 4.18. The van der Waals surface area contributed by atoms with Gasteiger partial charge in [-0.05, 0) is 45.0 Å². The smallest absolute Gasteiger partial charge is 0.339 e. The molecule has 7 heteroatoms. The number of amides is 1. The van der Waals surface area contributed by atoms with Gasteiger partial charge in [-0.15, -0.1) is 0 Å². The predicted molar refractivity (Wildman–Crippen MR) is 104 cm³/mol. The van der Waals surface area contributed by atoms with Gasteiger partial charge in [-0.3, -0.25) is 9.59 Å². The summed E-state index contributed by atoms with van der Waals surface area (Å²) in [5.74, 6) is -0.358. The first kappa shape index (κ1) is 21.0. The number of nitrogens with one attached hydrogen (secondary N) is 1. The molecular weight excluding hydrogens is 362 g/mol. The number of carbonyl (C=O) groups excluding carboxylic acids is 3. The van der Waals surface area contributed by atoms with Gasteiger partial charge in [0.1, 0.15) is 11.5 Å². The molecule has 0 saturated heterocycles. The van der Waals surface area contributed by atoms with Crippen LogP contribution in [0.25, 0.3) is 0 Å². The van der Waals surface area contributed by atoms with E-state index in [1.54, 1.807) is 31.2 Å². The summed E-state index contributed by atoms with van der Waals surface area (Å²) < 4.78 is 15.7. The summed E-state index contributed by atoms with van der Waals surface area (Å²) in [6, 6.07) is 9.58. The summed E-state index contributed by atoms with van der Waals surface area (Å²) >= 11 is 0. The monoisotopic (exact) mass is 385 g/mol. The van der Waals surface area contributed by atoms with E-state index in [9.17, 15) is 14.4 Å². The van der Waals surface area contributed by atoms with Gasteiger partial charge in [0.25, 0.3) is 5.91 Å². The lowest BCUT2D eigenvalue weighted by Gasteiger charge is -2.16. The zero-order valence-electron chi connectivity index (χ0n) is 16.5. The van der Waals surface area contributed by atoms with Crippen LogP contribution in [-0.4, -0.2) is 38.0 Å². The molecule has 0 unspecified atom stereocenters. The van der Waals surface area contributed by atoms with Crippen LogP contribution in [0.1, 0.15) is 40.1 Å². The fourth-order valence-electron chi connectivity index (χ4n) is 2.55. The van der Waals surface area contributed by atoms with E-state index >= 15 is 0 Å². The minimum Gasteiger partial charge on any atom is -0.496 e. The lowest BCUT2D eigenvalue weighted by Crippen LogP contribution is -2.30. The Morgan fingerprint density at radius 3 is 2.11 bits per heavy atom. The van der Waals surface area contributed by atoms with Crippen molar-refractivity contribution in [2.45, 2.75) is 26.9 Å². The predicted octanol–water partition coefficient (Wildman–Crippen LogP) is 3.40. The van der Waals surface area contributed by atoms with Crippen LogP contribution in [-0.2, 0) is 9.53 Å². The van der Waals surface area contributed by atoms with Gasteiger partial charge in [0.05, 0.1) is 19.8 Å². The molecule has 0 radical (unpaired) electrons. The van der Waals surface area contributed by atoms with Crippen molar-refractivity contribution < 1.29 is 28.6 Å². The van der Waals surface area contributed by atoms with Crippen LogP contribution >= 0.6 is 0 Å². The fourth-order valence-corrected chi connectivity index (χ4v) is 2.55.